The predicted molar refractivity (Wildman–Crippen MR) is 95.0 cm³/mol. The fourth-order valence-electron chi connectivity index (χ4n) is 3.43. The molecule has 0 bridgehead atoms. The molecule has 2 aromatic rings. The molecule has 1 aromatic heterocycles. The van der Waals surface area contributed by atoms with Gasteiger partial charge in [-0.1, -0.05) is 5.21 Å². The Balaban J connectivity index is 1.55. The van der Waals surface area contributed by atoms with Gasteiger partial charge in [0.2, 0.25) is 0 Å². The molecule has 138 valence electrons. The maximum atomic E-state index is 12.7. The first kappa shape index (κ1) is 16.8. The molecule has 1 amide bonds. The molecule has 2 unspecified atom stereocenters. The summed E-state index contributed by atoms with van der Waals surface area (Å²) in [7, 11) is 0. The number of aromatic nitrogens is 3. The van der Waals surface area contributed by atoms with Crippen LogP contribution in [-0.4, -0.2) is 52.7 Å². The second-order valence-electron chi connectivity index (χ2n) is 6.73. The molecule has 1 saturated heterocycles. The molecule has 26 heavy (non-hydrogen) atoms. The summed E-state index contributed by atoms with van der Waals surface area (Å²) < 4.78 is 12.8. The highest BCUT2D eigenvalue weighted by atomic mass is 16.6. The smallest absolute Gasteiger partial charge is 0.274 e. The van der Waals surface area contributed by atoms with E-state index in [0.29, 0.717) is 30.4 Å². The first-order valence-corrected chi connectivity index (χ1v) is 9.00. The Labute approximate surface area is 151 Å². The Kier molecular flexibility index (Phi) is 4.50. The molecule has 2 atom stereocenters. The van der Waals surface area contributed by atoms with Crippen LogP contribution in [0.15, 0.2) is 18.2 Å². The molecule has 2 aliphatic rings. The Morgan fingerprint density at radius 2 is 2.12 bits per heavy atom. The van der Waals surface area contributed by atoms with Gasteiger partial charge >= 0.3 is 0 Å². The first-order chi connectivity index (χ1) is 12.6. The van der Waals surface area contributed by atoms with Crippen LogP contribution in [0.5, 0.6) is 11.5 Å². The van der Waals surface area contributed by atoms with E-state index in [9.17, 15) is 4.79 Å². The zero-order valence-corrected chi connectivity index (χ0v) is 15.0. The van der Waals surface area contributed by atoms with Gasteiger partial charge in [0.05, 0.1) is 11.4 Å². The monoisotopic (exact) mass is 357 g/mol. The minimum atomic E-state index is -0.188. The van der Waals surface area contributed by atoms with Gasteiger partial charge in [-0.05, 0) is 45.4 Å². The Hall–Kier alpha value is -2.61. The summed E-state index contributed by atoms with van der Waals surface area (Å²) >= 11 is 0. The van der Waals surface area contributed by atoms with Gasteiger partial charge in [-0.25, -0.2) is 4.68 Å². The van der Waals surface area contributed by atoms with E-state index in [2.05, 4.69) is 27.9 Å². The Bertz CT molecular complexity index is 819. The van der Waals surface area contributed by atoms with E-state index in [1.165, 1.54) is 0 Å². The van der Waals surface area contributed by atoms with Crippen LogP contribution < -0.4 is 20.1 Å². The van der Waals surface area contributed by atoms with E-state index >= 15 is 0 Å². The van der Waals surface area contributed by atoms with Gasteiger partial charge in [-0.15, -0.1) is 5.10 Å². The zero-order chi connectivity index (χ0) is 18.1. The highest BCUT2D eigenvalue weighted by Gasteiger charge is 2.26. The number of nitrogens with one attached hydrogen (secondary N) is 2. The van der Waals surface area contributed by atoms with E-state index in [-0.39, 0.29) is 18.0 Å². The molecule has 4 rings (SSSR count). The van der Waals surface area contributed by atoms with Crippen molar-refractivity contribution in [2.75, 3.05) is 19.8 Å². The number of rotatable bonds is 3. The summed E-state index contributed by atoms with van der Waals surface area (Å²) in [6.07, 6.45) is 2.02. The van der Waals surface area contributed by atoms with E-state index in [4.69, 9.17) is 9.47 Å². The number of ether oxygens (including phenoxy) is 2. The summed E-state index contributed by atoms with van der Waals surface area (Å²) in [6.45, 7) is 5.99. The lowest BCUT2D eigenvalue weighted by Crippen LogP contribution is -2.52. The van der Waals surface area contributed by atoms with E-state index in [1.807, 2.05) is 25.1 Å². The zero-order valence-electron chi connectivity index (χ0n) is 15.0. The predicted octanol–water partition coefficient (Wildman–Crippen LogP) is 1.22. The number of hydrogen-bond acceptors (Lipinski definition) is 6. The summed E-state index contributed by atoms with van der Waals surface area (Å²) in [5.41, 5.74) is 1.82. The lowest BCUT2D eigenvalue weighted by Gasteiger charge is -2.30. The molecule has 0 saturated carbocycles. The van der Waals surface area contributed by atoms with Crippen molar-refractivity contribution in [1.82, 2.24) is 25.6 Å². The summed E-state index contributed by atoms with van der Waals surface area (Å²) in [5.74, 6) is 1.21. The van der Waals surface area contributed by atoms with Gasteiger partial charge in [0.15, 0.2) is 17.2 Å². The summed E-state index contributed by atoms with van der Waals surface area (Å²) in [6, 6.07) is 5.94. The largest absolute Gasteiger partial charge is 0.486 e. The second kappa shape index (κ2) is 6.95. The summed E-state index contributed by atoms with van der Waals surface area (Å²) in [5, 5.41) is 14.7. The van der Waals surface area contributed by atoms with Gasteiger partial charge in [0, 0.05) is 18.2 Å². The maximum Gasteiger partial charge on any atom is 0.274 e. The third-order valence-corrected chi connectivity index (χ3v) is 4.96. The number of carbonyl (C=O) groups is 1. The topological polar surface area (TPSA) is 90.3 Å². The molecule has 1 fully saturated rings. The highest BCUT2D eigenvalue weighted by Crippen LogP contribution is 2.32. The van der Waals surface area contributed by atoms with E-state index in [0.717, 1.165) is 30.8 Å². The fourth-order valence-corrected chi connectivity index (χ4v) is 3.43. The third kappa shape index (κ3) is 3.12. The van der Waals surface area contributed by atoms with Crippen molar-refractivity contribution in [3.63, 3.8) is 0 Å². The molecule has 2 aliphatic heterocycles. The molecule has 0 spiro atoms. The van der Waals surface area contributed by atoms with Crippen molar-refractivity contribution < 1.29 is 14.3 Å². The van der Waals surface area contributed by atoms with E-state index < -0.39 is 0 Å². The summed E-state index contributed by atoms with van der Waals surface area (Å²) in [4.78, 5) is 12.7. The van der Waals surface area contributed by atoms with Gasteiger partial charge in [0.25, 0.3) is 5.91 Å². The van der Waals surface area contributed by atoms with Crippen LogP contribution in [0.25, 0.3) is 5.69 Å². The maximum absolute atomic E-state index is 12.7. The number of benzene rings is 1. The molecule has 2 N–H and O–H groups in total. The highest BCUT2D eigenvalue weighted by molar-refractivity contribution is 5.93. The molecular formula is C18H23N5O3. The average molecular weight is 357 g/mol. The van der Waals surface area contributed by atoms with E-state index in [1.54, 1.807) is 4.68 Å². The van der Waals surface area contributed by atoms with Crippen molar-refractivity contribution in [3.8, 4) is 17.2 Å². The Morgan fingerprint density at radius 1 is 1.31 bits per heavy atom. The number of amides is 1. The van der Waals surface area contributed by atoms with Gasteiger partial charge < -0.3 is 20.1 Å². The van der Waals surface area contributed by atoms with Crippen LogP contribution in [0.2, 0.25) is 0 Å². The fraction of sp³-hybridized carbons (Fsp3) is 0.500. The van der Waals surface area contributed by atoms with Crippen molar-refractivity contribution in [2.45, 2.75) is 38.8 Å². The van der Waals surface area contributed by atoms with Crippen molar-refractivity contribution >= 4 is 5.91 Å². The van der Waals surface area contributed by atoms with Gasteiger partial charge in [-0.3, -0.25) is 4.79 Å². The minimum Gasteiger partial charge on any atom is -0.486 e. The first-order valence-electron chi connectivity index (χ1n) is 9.00. The van der Waals surface area contributed by atoms with Crippen molar-refractivity contribution in [2.24, 2.45) is 0 Å². The molecule has 8 nitrogen and oxygen atoms in total. The molecule has 1 aromatic carbocycles. The average Bonchev–Trinajstić information content (AvgIpc) is 3.05. The van der Waals surface area contributed by atoms with Crippen molar-refractivity contribution in [3.05, 3.63) is 29.6 Å². The molecular weight excluding hydrogens is 334 g/mol. The lowest BCUT2D eigenvalue weighted by atomic mass is 10.00. The van der Waals surface area contributed by atoms with Crippen LogP contribution in [0.3, 0.4) is 0 Å². The van der Waals surface area contributed by atoms with Crippen LogP contribution in [0, 0.1) is 6.92 Å². The van der Waals surface area contributed by atoms with Crippen LogP contribution >= 0.6 is 0 Å². The number of carbonyl (C=O) groups excluding carboxylic acids is 1. The number of hydrogen-bond donors (Lipinski definition) is 2. The third-order valence-electron chi connectivity index (χ3n) is 4.96. The van der Waals surface area contributed by atoms with Crippen LogP contribution in [-0.2, 0) is 0 Å². The van der Waals surface area contributed by atoms with Crippen LogP contribution in [0.4, 0.5) is 0 Å². The molecule has 0 aliphatic carbocycles. The van der Waals surface area contributed by atoms with Gasteiger partial charge in [-0.2, -0.15) is 0 Å². The number of piperidine rings is 1. The number of fused-ring (bicyclic) bond motifs is 1. The standard InChI is InChI=1S/C18H23N5O3/c1-11-14(4-3-7-19-11)20-18(24)17-12(2)23(22-21-17)13-5-6-15-16(10-13)26-9-8-25-15/h5-6,10-11,14,19H,3-4,7-9H2,1-2H3,(H,20,24). The van der Waals surface area contributed by atoms with Gasteiger partial charge in [0.1, 0.15) is 13.2 Å². The normalized spacial score (nSPS) is 22.1. The Morgan fingerprint density at radius 3 is 2.92 bits per heavy atom. The minimum absolute atomic E-state index is 0.107. The van der Waals surface area contributed by atoms with Crippen molar-refractivity contribution in [1.29, 1.82) is 0 Å². The molecule has 8 heteroatoms. The molecule has 3 heterocycles. The second-order valence-corrected chi connectivity index (χ2v) is 6.73. The number of nitrogens with zero attached hydrogens (tertiary/aromatic N) is 3. The SMILES string of the molecule is Cc1c(C(=O)NC2CCCNC2C)nnn1-c1ccc2c(c1)OCCO2. The van der Waals surface area contributed by atoms with Crippen LogP contribution in [0.1, 0.15) is 35.9 Å². The quantitative estimate of drug-likeness (QED) is 0.858. The molecule has 0 radical (unpaired) electrons. The lowest BCUT2D eigenvalue weighted by molar-refractivity contribution is 0.0914.